The number of rotatable bonds is 3. The van der Waals surface area contributed by atoms with Crippen LogP contribution in [0.25, 0.3) is 11.4 Å². The molecule has 132 valence electrons. The highest BCUT2D eigenvalue weighted by molar-refractivity contribution is 6.30. The van der Waals surface area contributed by atoms with Crippen LogP contribution >= 0.6 is 11.6 Å². The molecule has 1 amide bonds. The number of amides is 1. The zero-order valence-electron chi connectivity index (χ0n) is 13.1. The van der Waals surface area contributed by atoms with Crippen molar-refractivity contribution in [2.45, 2.75) is 6.18 Å². The Hall–Kier alpha value is -2.93. The van der Waals surface area contributed by atoms with Crippen LogP contribution in [0, 0.1) is 0 Å². The predicted molar refractivity (Wildman–Crippen MR) is 91.9 cm³/mol. The molecule has 0 spiro atoms. The largest absolute Gasteiger partial charge is 0.416 e. The Bertz CT molecular complexity index is 926. The Labute approximate surface area is 151 Å². The summed E-state index contributed by atoms with van der Waals surface area (Å²) >= 11 is 5.82. The molecule has 0 unspecified atom stereocenters. The summed E-state index contributed by atoms with van der Waals surface area (Å²) in [4.78, 5) is 20.4. The van der Waals surface area contributed by atoms with Gasteiger partial charge < -0.3 is 5.32 Å². The van der Waals surface area contributed by atoms with Crippen LogP contribution in [0.3, 0.4) is 0 Å². The number of carbonyl (C=O) groups excluding carboxylic acids is 1. The van der Waals surface area contributed by atoms with E-state index in [1.165, 1.54) is 24.5 Å². The molecule has 0 saturated heterocycles. The summed E-state index contributed by atoms with van der Waals surface area (Å²) in [6.07, 6.45) is -1.87. The first-order valence-electron chi connectivity index (χ1n) is 7.39. The molecule has 0 aliphatic heterocycles. The fourth-order valence-corrected chi connectivity index (χ4v) is 2.30. The summed E-state index contributed by atoms with van der Waals surface area (Å²) in [5.74, 6) is -0.204. The van der Waals surface area contributed by atoms with Gasteiger partial charge in [0.2, 0.25) is 0 Å². The first kappa shape index (κ1) is 17.9. The zero-order chi connectivity index (χ0) is 18.7. The SMILES string of the molecule is O=C(Nc1cccc(C(F)(F)F)c1)c1cnc(-c2ccc(Cl)cc2)nc1. The second-order valence-corrected chi connectivity index (χ2v) is 5.77. The Balaban J connectivity index is 1.75. The summed E-state index contributed by atoms with van der Waals surface area (Å²) in [7, 11) is 0. The van der Waals surface area contributed by atoms with Crippen molar-refractivity contribution in [1.82, 2.24) is 9.97 Å². The normalized spacial score (nSPS) is 11.2. The van der Waals surface area contributed by atoms with E-state index in [1.807, 2.05) is 0 Å². The van der Waals surface area contributed by atoms with E-state index < -0.39 is 17.6 Å². The minimum atomic E-state index is -4.48. The van der Waals surface area contributed by atoms with Crippen LogP contribution in [0.1, 0.15) is 15.9 Å². The van der Waals surface area contributed by atoms with Crippen LogP contribution < -0.4 is 5.32 Å². The quantitative estimate of drug-likeness (QED) is 0.693. The number of alkyl halides is 3. The highest BCUT2D eigenvalue weighted by atomic mass is 35.5. The maximum absolute atomic E-state index is 12.7. The minimum absolute atomic E-state index is 0.0339. The predicted octanol–water partition coefficient (Wildman–Crippen LogP) is 5.07. The maximum atomic E-state index is 12.7. The van der Waals surface area contributed by atoms with Gasteiger partial charge in [-0.2, -0.15) is 13.2 Å². The molecule has 26 heavy (non-hydrogen) atoms. The molecule has 0 radical (unpaired) electrons. The number of hydrogen-bond acceptors (Lipinski definition) is 3. The molecule has 1 N–H and O–H groups in total. The van der Waals surface area contributed by atoms with Gasteiger partial charge in [0.25, 0.3) is 5.91 Å². The van der Waals surface area contributed by atoms with E-state index in [0.29, 0.717) is 10.8 Å². The number of aromatic nitrogens is 2. The number of carbonyl (C=O) groups is 1. The molecule has 0 bridgehead atoms. The van der Waals surface area contributed by atoms with Crippen molar-refractivity contribution in [2.75, 3.05) is 5.32 Å². The van der Waals surface area contributed by atoms with Crippen LogP contribution in [-0.4, -0.2) is 15.9 Å². The van der Waals surface area contributed by atoms with Gasteiger partial charge in [0.15, 0.2) is 5.82 Å². The average molecular weight is 378 g/mol. The summed E-state index contributed by atoms with van der Waals surface area (Å²) < 4.78 is 38.2. The maximum Gasteiger partial charge on any atom is 0.416 e. The fourth-order valence-electron chi connectivity index (χ4n) is 2.17. The second-order valence-electron chi connectivity index (χ2n) is 5.33. The number of anilines is 1. The van der Waals surface area contributed by atoms with Crippen LogP contribution in [0.4, 0.5) is 18.9 Å². The monoisotopic (exact) mass is 377 g/mol. The van der Waals surface area contributed by atoms with Crippen LogP contribution in [0.5, 0.6) is 0 Å². The van der Waals surface area contributed by atoms with Crippen molar-refractivity contribution in [3.63, 3.8) is 0 Å². The lowest BCUT2D eigenvalue weighted by molar-refractivity contribution is -0.137. The summed E-state index contributed by atoms with van der Waals surface area (Å²) in [6, 6.07) is 11.2. The van der Waals surface area contributed by atoms with Crippen molar-refractivity contribution in [2.24, 2.45) is 0 Å². The average Bonchev–Trinajstić information content (AvgIpc) is 2.62. The highest BCUT2D eigenvalue weighted by Crippen LogP contribution is 2.30. The van der Waals surface area contributed by atoms with Crippen molar-refractivity contribution in [1.29, 1.82) is 0 Å². The molecule has 0 saturated carbocycles. The minimum Gasteiger partial charge on any atom is -0.322 e. The van der Waals surface area contributed by atoms with Gasteiger partial charge in [0.1, 0.15) is 0 Å². The van der Waals surface area contributed by atoms with Crippen molar-refractivity contribution >= 4 is 23.2 Å². The van der Waals surface area contributed by atoms with Crippen LogP contribution in [0.15, 0.2) is 60.9 Å². The van der Waals surface area contributed by atoms with Gasteiger partial charge in [-0.1, -0.05) is 17.7 Å². The fraction of sp³-hybridized carbons (Fsp3) is 0.0556. The number of nitrogens with zero attached hydrogens (tertiary/aromatic N) is 2. The number of hydrogen-bond donors (Lipinski definition) is 1. The second kappa shape index (κ2) is 7.13. The standard InChI is InChI=1S/C18H11ClF3N3O/c19-14-6-4-11(5-7-14)16-23-9-12(10-24-16)17(26)25-15-3-1-2-13(8-15)18(20,21)22/h1-10H,(H,25,26). The van der Waals surface area contributed by atoms with Gasteiger partial charge in [0.05, 0.1) is 11.1 Å². The molecule has 1 heterocycles. The van der Waals surface area contributed by atoms with E-state index in [-0.39, 0.29) is 11.3 Å². The molecule has 0 atom stereocenters. The molecular weight excluding hydrogens is 367 g/mol. The molecule has 0 fully saturated rings. The molecule has 1 aromatic heterocycles. The molecule has 2 aromatic carbocycles. The van der Waals surface area contributed by atoms with E-state index in [4.69, 9.17) is 11.6 Å². The number of halogens is 4. The van der Waals surface area contributed by atoms with Crippen molar-refractivity contribution in [3.8, 4) is 11.4 Å². The highest BCUT2D eigenvalue weighted by Gasteiger charge is 2.30. The summed E-state index contributed by atoms with van der Waals surface area (Å²) in [5.41, 5.74) is 0.0376. The van der Waals surface area contributed by atoms with E-state index in [2.05, 4.69) is 15.3 Å². The number of nitrogens with one attached hydrogen (secondary N) is 1. The van der Waals surface area contributed by atoms with Gasteiger partial charge in [-0.25, -0.2) is 9.97 Å². The molecule has 0 aliphatic carbocycles. The lowest BCUT2D eigenvalue weighted by Crippen LogP contribution is -2.14. The van der Waals surface area contributed by atoms with Crippen molar-refractivity contribution < 1.29 is 18.0 Å². The molecule has 0 aliphatic rings. The van der Waals surface area contributed by atoms with Gasteiger partial charge in [0, 0.05) is 28.7 Å². The Morgan fingerprint density at radius 1 is 1.00 bits per heavy atom. The lowest BCUT2D eigenvalue weighted by Gasteiger charge is -2.10. The smallest absolute Gasteiger partial charge is 0.322 e. The Kier molecular flexibility index (Phi) is 4.90. The Morgan fingerprint density at radius 2 is 1.65 bits per heavy atom. The third-order valence-corrected chi connectivity index (χ3v) is 3.72. The van der Waals surface area contributed by atoms with E-state index in [1.54, 1.807) is 24.3 Å². The summed E-state index contributed by atoms with van der Waals surface area (Å²) in [5, 5.41) is 2.98. The third kappa shape index (κ3) is 4.18. The van der Waals surface area contributed by atoms with E-state index in [9.17, 15) is 18.0 Å². The first-order chi connectivity index (χ1) is 12.3. The van der Waals surface area contributed by atoms with Gasteiger partial charge in [-0.05, 0) is 42.5 Å². The van der Waals surface area contributed by atoms with Gasteiger partial charge >= 0.3 is 6.18 Å². The number of benzene rings is 2. The zero-order valence-corrected chi connectivity index (χ0v) is 13.8. The van der Waals surface area contributed by atoms with Gasteiger partial charge in [-0.15, -0.1) is 0 Å². The molecule has 8 heteroatoms. The van der Waals surface area contributed by atoms with E-state index in [0.717, 1.165) is 17.7 Å². The topological polar surface area (TPSA) is 54.9 Å². The molecule has 4 nitrogen and oxygen atoms in total. The third-order valence-electron chi connectivity index (χ3n) is 3.46. The van der Waals surface area contributed by atoms with E-state index >= 15 is 0 Å². The molecule has 3 rings (SSSR count). The summed E-state index contributed by atoms with van der Waals surface area (Å²) in [6.45, 7) is 0. The van der Waals surface area contributed by atoms with Crippen LogP contribution in [-0.2, 0) is 6.18 Å². The lowest BCUT2D eigenvalue weighted by atomic mass is 10.2. The van der Waals surface area contributed by atoms with Gasteiger partial charge in [-0.3, -0.25) is 4.79 Å². The molecular formula is C18H11ClF3N3O. The van der Waals surface area contributed by atoms with Crippen LogP contribution in [0.2, 0.25) is 5.02 Å². The van der Waals surface area contributed by atoms with Crippen molar-refractivity contribution in [3.05, 3.63) is 77.1 Å². The molecule has 3 aromatic rings. The Morgan fingerprint density at radius 3 is 2.27 bits per heavy atom. The first-order valence-corrected chi connectivity index (χ1v) is 7.77.